The monoisotopic (exact) mass is 324 g/mol. The van der Waals surface area contributed by atoms with Crippen molar-refractivity contribution in [2.75, 3.05) is 26.2 Å². The number of halogens is 1. The number of amides is 1. The SMILES string of the molecule is O=C(c1cc(Cl)c[nH]1)N1CCCN(Cc2cscn2)CC1. The maximum atomic E-state index is 12.4. The zero-order chi connectivity index (χ0) is 14.7. The molecule has 0 spiro atoms. The molecule has 0 atom stereocenters. The van der Waals surface area contributed by atoms with Crippen LogP contribution in [0.3, 0.4) is 0 Å². The van der Waals surface area contributed by atoms with Crippen molar-refractivity contribution in [1.82, 2.24) is 19.8 Å². The molecule has 2 aromatic rings. The lowest BCUT2D eigenvalue weighted by Gasteiger charge is -2.21. The van der Waals surface area contributed by atoms with Crippen LogP contribution in [0, 0.1) is 0 Å². The average molecular weight is 325 g/mol. The fourth-order valence-corrected chi connectivity index (χ4v) is 3.25. The van der Waals surface area contributed by atoms with Crippen molar-refractivity contribution in [2.24, 2.45) is 0 Å². The number of carbonyl (C=O) groups is 1. The first-order valence-corrected chi connectivity index (χ1v) is 8.27. The molecule has 0 bridgehead atoms. The molecule has 3 heterocycles. The van der Waals surface area contributed by atoms with Crippen LogP contribution >= 0.6 is 22.9 Å². The van der Waals surface area contributed by atoms with Gasteiger partial charge >= 0.3 is 0 Å². The van der Waals surface area contributed by atoms with E-state index in [-0.39, 0.29) is 5.91 Å². The van der Waals surface area contributed by atoms with Crippen LogP contribution in [0.15, 0.2) is 23.2 Å². The standard InChI is InChI=1S/C14H17ClN4OS/c15-11-6-13(16-7-11)14(20)19-3-1-2-18(4-5-19)8-12-9-21-10-17-12/h6-7,9-10,16H,1-5,8H2. The van der Waals surface area contributed by atoms with Crippen LogP contribution in [0.1, 0.15) is 22.6 Å². The smallest absolute Gasteiger partial charge is 0.270 e. The van der Waals surface area contributed by atoms with Gasteiger partial charge < -0.3 is 9.88 Å². The van der Waals surface area contributed by atoms with Crippen LogP contribution in [0.2, 0.25) is 5.02 Å². The lowest BCUT2D eigenvalue weighted by molar-refractivity contribution is 0.0756. The maximum absolute atomic E-state index is 12.4. The van der Waals surface area contributed by atoms with Crippen LogP contribution < -0.4 is 0 Å². The summed E-state index contributed by atoms with van der Waals surface area (Å²) in [7, 11) is 0. The number of H-pyrrole nitrogens is 1. The van der Waals surface area contributed by atoms with Gasteiger partial charge in [0.1, 0.15) is 5.69 Å². The molecule has 7 heteroatoms. The predicted molar refractivity (Wildman–Crippen MR) is 83.7 cm³/mol. The molecular formula is C14H17ClN4OS. The number of aromatic nitrogens is 2. The molecule has 1 N–H and O–H groups in total. The molecule has 0 aromatic carbocycles. The molecule has 1 amide bonds. The summed E-state index contributed by atoms with van der Waals surface area (Å²) >= 11 is 7.48. The number of nitrogens with one attached hydrogen (secondary N) is 1. The Morgan fingerprint density at radius 2 is 2.29 bits per heavy atom. The van der Waals surface area contributed by atoms with Crippen molar-refractivity contribution in [3.63, 3.8) is 0 Å². The van der Waals surface area contributed by atoms with E-state index < -0.39 is 0 Å². The second-order valence-corrected chi connectivity index (χ2v) is 6.29. The molecular weight excluding hydrogens is 308 g/mol. The Labute approximate surface area is 132 Å². The topological polar surface area (TPSA) is 52.2 Å². The van der Waals surface area contributed by atoms with Gasteiger partial charge in [-0.2, -0.15) is 0 Å². The zero-order valence-electron chi connectivity index (χ0n) is 11.6. The van der Waals surface area contributed by atoms with Crippen LogP contribution in [-0.2, 0) is 6.54 Å². The van der Waals surface area contributed by atoms with E-state index in [2.05, 4.69) is 20.2 Å². The quantitative estimate of drug-likeness (QED) is 0.943. The first kappa shape index (κ1) is 14.6. The summed E-state index contributed by atoms with van der Waals surface area (Å²) in [6, 6.07) is 1.68. The molecule has 1 aliphatic heterocycles. The number of carbonyl (C=O) groups excluding carboxylic acids is 1. The Kier molecular flexibility index (Phi) is 4.57. The first-order valence-electron chi connectivity index (χ1n) is 6.95. The summed E-state index contributed by atoms with van der Waals surface area (Å²) in [6.45, 7) is 4.24. The van der Waals surface area contributed by atoms with Crippen molar-refractivity contribution < 1.29 is 4.79 Å². The fourth-order valence-electron chi connectivity index (χ4n) is 2.54. The Morgan fingerprint density at radius 3 is 3.00 bits per heavy atom. The highest BCUT2D eigenvalue weighted by Gasteiger charge is 2.21. The summed E-state index contributed by atoms with van der Waals surface area (Å²) in [5.41, 5.74) is 3.53. The lowest BCUT2D eigenvalue weighted by Crippen LogP contribution is -2.35. The van der Waals surface area contributed by atoms with E-state index in [1.54, 1.807) is 23.6 Å². The summed E-state index contributed by atoms with van der Waals surface area (Å²) in [5.74, 6) is 0.0254. The lowest BCUT2D eigenvalue weighted by atomic mass is 10.3. The Bertz CT molecular complexity index is 598. The molecule has 1 fully saturated rings. The predicted octanol–water partition coefficient (Wildman–Crippen LogP) is 2.47. The van der Waals surface area contributed by atoms with Gasteiger partial charge in [0.15, 0.2) is 0 Å². The summed E-state index contributed by atoms with van der Waals surface area (Å²) in [5, 5.41) is 2.65. The summed E-state index contributed by atoms with van der Waals surface area (Å²) in [6.07, 6.45) is 2.62. The third-order valence-electron chi connectivity index (χ3n) is 3.62. The zero-order valence-corrected chi connectivity index (χ0v) is 13.2. The fraction of sp³-hybridized carbons (Fsp3) is 0.429. The molecule has 3 rings (SSSR count). The van der Waals surface area contributed by atoms with Crippen molar-refractivity contribution in [3.05, 3.63) is 39.6 Å². The molecule has 5 nitrogen and oxygen atoms in total. The van der Waals surface area contributed by atoms with Crippen molar-refractivity contribution in [1.29, 1.82) is 0 Å². The van der Waals surface area contributed by atoms with E-state index in [1.807, 2.05) is 10.4 Å². The van der Waals surface area contributed by atoms with Gasteiger partial charge in [-0.3, -0.25) is 9.69 Å². The minimum Gasteiger partial charge on any atom is -0.356 e. The van der Waals surface area contributed by atoms with Gasteiger partial charge in [0.2, 0.25) is 0 Å². The Morgan fingerprint density at radius 1 is 1.38 bits per heavy atom. The first-order chi connectivity index (χ1) is 10.2. The molecule has 112 valence electrons. The van der Waals surface area contributed by atoms with Crippen LogP contribution in [0.4, 0.5) is 0 Å². The van der Waals surface area contributed by atoms with E-state index in [4.69, 9.17) is 11.6 Å². The number of thiazole rings is 1. The highest BCUT2D eigenvalue weighted by atomic mass is 35.5. The highest BCUT2D eigenvalue weighted by molar-refractivity contribution is 7.07. The molecule has 2 aromatic heterocycles. The van der Waals surface area contributed by atoms with Crippen LogP contribution in [0.5, 0.6) is 0 Å². The minimum atomic E-state index is 0.0254. The van der Waals surface area contributed by atoms with Crippen LogP contribution in [-0.4, -0.2) is 51.9 Å². The molecule has 0 radical (unpaired) electrons. The van der Waals surface area contributed by atoms with Gasteiger partial charge in [0.25, 0.3) is 5.91 Å². The van der Waals surface area contributed by atoms with E-state index in [1.165, 1.54) is 0 Å². The Balaban J connectivity index is 1.59. The van der Waals surface area contributed by atoms with Gasteiger partial charge in [0, 0.05) is 44.3 Å². The van der Waals surface area contributed by atoms with Gasteiger partial charge in [-0.1, -0.05) is 11.6 Å². The molecule has 1 aliphatic rings. The number of rotatable bonds is 3. The normalized spacial score (nSPS) is 16.9. The third-order valence-corrected chi connectivity index (χ3v) is 4.48. The molecule has 0 saturated carbocycles. The Hall–Kier alpha value is -1.37. The second-order valence-electron chi connectivity index (χ2n) is 5.13. The van der Waals surface area contributed by atoms with Gasteiger partial charge in [-0.25, -0.2) is 4.98 Å². The van der Waals surface area contributed by atoms with E-state index in [9.17, 15) is 4.79 Å². The van der Waals surface area contributed by atoms with Crippen molar-refractivity contribution >= 4 is 28.8 Å². The van der Waals surface area contributed by atoms with Gasteiger partial charge in [-0.05, 0) is 12.5 Å². The number of aromatic amines is 1. The van der Waals surface area contributed by atoms with E-state index >= 15 is 0 Å². The largest absolute Gasteiger partial charge is 0.356 e. The number of hydrogen-bond donors (Lipinski definition) is 1. The molecule has 0 aliphatic carbocycles. The second kappa shape index (κ2) is 6.60. The van der Waals surface area contributed by atoms with Crippen LogP contribution in [0.25, 0.3) is 0 Å². The number of hydrogen-bond acceptors (Lipinski definition) is 4. The number of nitrogens with zero attached hydrogens (tertiary/aromatic N) is 3. The van der Waals surface area contributed by atoms with Gasteiger partial charge in [-0.15, -0.1) is 11.3 Å². The van der Waals surface area contributed by atoms with E-state index in [0.717, 1.165) is 44.8 Å². The average Bonchev–Trinajstić information content (AvgIpc) is 3.07. The highest BCUT2D eigenvalue weighted by Crippen LogP contribution is 2.14. The summed E-state index contributed by atoms with van der Waals surface area (Å²) < 4.78 is 0. The molecule has 0 unspecified atom stereocenters. The van der Waals surface area contributed by atoms with Crippen molar-refractivity contribution in [2.45, 2.75) is 13.0 Å². The third kappa shape index (κ3) is 3.64. The minimum absolute atomic E-state index is 0.0254. The van der Waals surface area contributed by atoms with E-state index in [0.29, 0.717) is 10.7 Å². The molecule has 1 saturated heterocycles. The summed E-state index contributed by atoms with van der Waals surface area (Å²) in [4.78, 5) is 23.9. The van der Waals surface area contributed by atoms with Crippen molar-refractivity contribution in [3.8, 4) is 0 Å². The van der Waals surface area contributed by atoms with Gasteiger partial charge in [0.05, 0.1) is 16.2 Å². The maximum Gasteiger partial charge on any atom is 0.270 e. The molecule has 21 heavy (non-hydrogen) atoms.